The van der Waals surface area contributed by atoms with Gasteiger partial charge in [-0.1, -0.05) is 42.5 Å². The molecule has 0 fully saturated rings. The number of hydrogen-bond acceptors (Lipinski definition) is 5. The number of benzene rings is 1. The number of ether oxygens (including phenoxy) is 2. The number of rotatable bonds is 6. The van der Waals surface area contributed by atoms with E-state index in [-0.39, 0.29) is 13.2 Å². The summed E-state index contributed by atoms with van der Waals surface area (Å²) in [4.78, 5) is 25.1. The summed E-state index contributed by atoms with van der Waals surface area (Å²) in [5.74, 6) is -1.40. The van der Waals surface area contributed by atoms with Gasteiger partial charge in [0.1, 0.15) is 0 Å². The van der Waals surface area contributed by atoms with Gasteiger partial charge in [-0.05, 0) is 33.3 Å². The van der Waals surface area contributed by atoms with Crippen molar-refractivity contribution in [2.75, 3.05) is 13.2 Å². The highest BCUT2D eigenvalue weighted by Crippen LogP contribution is 2.33. The number of carbonyl (C=O) groups excluding carboxylic acids is 2. The van der Waals surface area contributed by atoms with Crippen molar-refractivity contribution in [1.82, 2.24) is 5.32 Å². The predicted molar refractivity (Wildman–Crippen MR) is 101 cm³/mol. The van der Waals surface area contributed by atoms with Crippen LogP contribution in [-0.2, 0) is 19.1 Å². The van der Waals surface area contributed by atoms with Gasteiger partial charge in [0.15, 0.2) is 0 Å². The number of hydrogen-bond donors (Lipinski definition) is 1. The molecule has 0 atom stereocenters. The molecule has 2 rings (SSSR count). The minimum atomic E-state index is -0.533. The van der Waals surface area contributed by atoms with Crippen LogP contribution in [0.1, 0.15) is 33.3 Å². The highest BCUT2D eigenvalue weighted by molar-refractivity contribution is 5.98. The molecule has 1 aliphatic rings. The van der Waals surface area contributed by atoms with Crippen molar-refractivity contribution in [3.63, 3.8) is 0 Å². The van der Waals surface area contributed by atoms with Crippen LogP contribution >= 0.6 is 0 Å². The van der Waals surface area contributed by atoms with E-state index in [0.717, 1.165) is 5.56 Å². The maximum absolute atomic E-state index is 12.5. The van der Waals surface area contributed by atoms with Gasteiger partial charge in [-0.3, -0.25) is 0 Å². The van der Waals surface area contributed by atoms with Crippen LogP contribution in [0.4, 0.5) is 0 Å². The van der Waals surface area contributed by atoms with E-state index >= 15 is 0 Å². The Labute approximate surface area is 154 Å². The molecule has 0 radical (unpaired) electrons. The molecule has 1 heterocycles. The Morgan fingerprint density at radius 2 is 1.46 bits per heavy atom. The summed E-state index contributed by atoms with van der Waals surface area (Å²) < 4.78 is 10.4. The first-order valence-electron chi connectivity index (χ1n) is 8.75. The molecule has 0 aliphatic carbocycles. The normalized spacial score (nSPS) is 15.2. The zero-order chi connectivity index (χ0) is 19.1. The summed E-state index contributed by atoms with van der Waals surface area (Å²) in [6.45, 7) is 7.66. The Bertz CT molecular complexity index is 719. The molecule has 138 valence electrons. The van der Waals surface area contributed by atoms with E-state index in [2.05, 4.69) is 5.32 Å². The maximum atomic E-state index is 12.5. The molecule has 0 saturated heterocycles. The molecule has 0 unspecified atom stereocenters. The van der Waals surface area contributed by atoms with Crippen molar-refractivity contribution in [3.05, 3.63) is 64.5 Å². The van der Waals surface area contributed by atoms with Gasteiger partial charge in [-0.2, -0.15) is 0 Å². The average molecular weight is 355 g/mol. The second kappa shape index (κ2) is 9.04. The molecule has 1 N–H and O–H groups in total. The molecule has 1 aromatic rings. The van der Waals surface area contributed by atoms with E-state index in [0.29, 0.717) is 22.5 Å². The quantitative estimate of drug-likeness (QED) is 0.790. The van der Waals surface area contributed by atoms with Crippen molar-refractivity contribution in [3.8, 4) is 0 Å². The fraction of sp³-hybridized carbons (Fsp3) is 0.333. The third-order valence-electron chi connectivity index (χ3n) is 4.08. The molecule has 0 saturated carbocycles. The minimum Gasteiger partial charge on any atom is -0.463 e. The maximum Gasteiger partial charge on any atom is 0.336 e. The second-order valence-electron chi connectivity index (χ2n) is 5.89. The van der Waals surface area contributed by atoms with E-state index in [9.17, 15) is 9.59 Å². The van der Waals surface area contributed by atoms with Crippen molar-refractivity contribution in [1.29, 1.82) is 0 Å². The van der Waals surface area contributed by atoms with Crippen LogP contribution < -0.4 is 5.32 Å². The number of nitrogens with one attached hydrogen (secondary N) is 1. The Kier molecular flexibility index (Phi) is 6.78. The predicted octanol–water partition coefficient (Wildman–Crippen LogP) is 3.59. The van der Waals surface area contributed by atoms with Gasteiger partial charge in [-0.15, -0.1) is 0 Å². The first-order valence-corrected chi connectivity index (χ1v) is 8.75. The molecule has 26 heavy (non-hydrogen) atoms. The van der Waals surface area contributed by atoms with Gasteiger partial charge in [0.2, 0.25) is 0 Å². The van der Waals surface area contributed by atoms with Gasteiger partial charge >= 0.3 is 11.9 Å². The van der Waals surface area contributed by atoms with Crippen LogP contribution in [0.25, 0.3) is 6.08 Å². The van der Waals surface area contributed by atoms with Crippen LogP contribution in [0.3, 0.4) is 0 Å². The first-order chi connectivity index (χ1) is 12.5. The second-order valence-corrected chi connectivity index (χ2v) is 5.89. The SMILES string of the molecule is CCOC(=O)C1=C(C)NC(C)=C(C(=O)OCC)C1C=Cc1ccccc1. The Morgan fingerprint density at radius 1 is 0.962 bits per heavy atom. The zero-order valence-corrected chi connectivity index (χ0v) is 15.7. The molecule has 5 nitrogen and oxygen atoms in total. The number of dihydropyridines is 1. The van der Waals surface area contributed by atoms with Crippen molar-refractivity contribution in [2.45, 2.75) is 27.7 Å². The van der Waals surface area contributed by atoms with Crippen LogP contribution in [0.15, 0.2) is 58.9 Å². The lowest BCUT2D eigenvalue weighted by atomic mass is 9.84. The summed E-state index contributed by atoms with van der Waals surface area (Å²) in [5.41, 5.74) is 3.18. The summed E-state index contributed by atoms with van der Waals surface area (Å²) in [5, 5.41) is 3.11. The van der Waals surface area contributed by atoms with E-state index in [1.807, 2.05) is 42.5 Å². The first kappa shape index (κ1) is 19.5. The topological polar surface area (TPSA) is 64.6 Å². The van der Waals surface area contributed by atoms with E-state index < -0.39 is 17.9 Å². The van der Waals surface area contributed by atoms with E-state index in [1.54, 1.807) is 27.7 Å². The Hall–Kier alpha value is -2.82. The molecule has 1 aromatic carbocycles. The number of esters is 2. The molecular formula is C21H25NO4. The minimum absolute atomic E-state index is 0.266. The highest BCUT2D eigenvalue weighted by atomic mass is 16.5. The lowest BCUT2D eigenvalue weighted by Gasteiger charge is -2.28. The molecule has 0 aromatic heterocycles. The Morgan fingerprint density at radius 3 is 1.92 bits per heavy atom. The monoisotopic (exact) mass is 355 g/mol. The van der Waals surface area contributed by atoms with E-state index in [1.165, 1.54) is 0 Å². The number of allylic oxidation sites excluding steroid dienone is 3. The third kappa shape index (κ3) is 4.42. The molecular weight excluding hydrogens is 330 g/mol. The van der Waals surface area contributed by atoms with Gasteiger partial charge in [0.25, 0.3) is 0 Å². The molecule has 0 bridgehead atoms. The molecule has 5 heteroatoms. The number of carbonyl (C=O) groups is 2. The van der Waals surface area contributed by atoms with Gasteiger partial charge in [0.05, 0.1) is 24.4 Å². The Balaban J connectivity index is 2.49. The standard InChI is InChI=1S/C21H25NO4/c1-5-25-20(23)18-14(3)22-15(4)19(21(24)26-6-2)17(18)13-12-16-10-8-7-9-11-16/h7-13,17,22H,5-6H2,1-4H3. The van der Waals surface area contributed by atoms with Crippen LogP contribution in [-0.4, -0.2) is 25.2 Å². The average Bonchev–Trinajstić information content (AvgIpc) is 2.60. The molecule has 0 spiro atoms. The van der Waals surface area contributed by atoms with Crippen LogP contribution in [0.5, 0.6) is 0 Å². The third-order valence-corrected chi connectivity index (χ3v) is 4.08. The molecule has 0 amide bonds. The smallest absolute Gasteiger partial charge is 0.336 e. The van der Waals surface area contributed by atoms with Crippen molar-refractivity contribution in [2.24, 2.45) is 5.92 Å². The fourth-order valence-corrected chi connectivity index (χ4v) is 2.97. The van der Waals surface area contributed by atoms with Crippen molar-refractivity contribution < 1.29 is 19.1 Å². The summed E-state index contributed by atoms with van der Waals surface area (Å²) in [6, 6.07) is 9.72. The highest BCUT2D eigenvalue weighted by Gasteiger charge is 2.35. The largest absolute Gasteiger partial charge is 0.463 e. The van der Waals surface area contributed by atoms with Crippen molar-refractivity contribution >= 4 is 18.0 Å². The van der Waals surface area contributed by atoms with Gasteiger partial charge in [0, 0.05) is 17.3 Å². The summed E-state index contributed by atoms with van der Waals surface area (Å²) >= 11 is 0. The fourth-order valence-electron chi connectivity index (χ4n) is 2.97. The van der Waals surface area contributed by atoms with Crippen LogP contribution in [0.2, 0.25) is 0 Å². The van der Waals surface area contributed by atoms with Gasteiger partial charge in [-0.25, -0.2) is 9.59 Å². The lowest BCUT2D eigenvalue weighted by Crippen LogP contribution is -2.32. The van der Waals surface area contributed by atoms with Gasteiger partial charge < -0.3 is 14.8 Å². The van der Waals surface area contributed by atoms with Crippen LogP contribution in [0, 0.1) is 5.92 Å². The van der Waals surface area contributed by atoms with E-state index in [4.69, 9.17) is 9.47 Å². The zero-order valence-electron chi connectivity index (χ0n) is 15.7. The summed E-state index contributed by atoms with van der Waals surface area (Å²) in [7, 11) is 0. The summed E-state index contributed by atoms with van der Waals surface area (Å²) in [6.07, 6.45) is 3.75. The lowest BCUT2D eigenvalue weighted by molar-refractivity contribution is -0.139. The molecule has 1 aliphatic heterocycles.